The molecule has 0 aromatic rings. The summed E-state index contributed by atoms with van der Waals surface area (Å²) in [6, 6.07) is 0. The quantitative estimate of drug-likeness (QED) is 0.618. The van der Waals surface area contributed by atoms with Gasteiger partial charge in [0.15, 0.2) is 0 Å². The van der Waals surface area contributed by atoms with E-state index in [1.165, 1.54) is 6.42 Å². The van der Waals surface area contributed by atoms with Gasteiger partial charge >= 0.3 is 0 Å². The van der Waals surface area contributed by atoms with Gasteiger partial charge in [-0.1, -0.05) is 13.8 Å². The number of hydrogen-bond donors (Lipinski definition) is 0. The Bertz CT molecular complexity index is 188. The SMILES string of the molecule is CC(C)CC1C2CC3CC(C2)CC1C3. The minimum Gasteiger partial charge on any atom is -0.0628 e. The highest BCUT2D eigenvalue weighted by Gasteiger charge is 2.47. The second-order valence-electron chi connectivity index (χ2n) is 6.72. The normalized spacial score (nSPS) is 50.4. The molecule has 0 aliphatic heterocycles. The van der Waals surface area contributed by atoms with Crippen LogP contribution in [0.15, 0.2) is 0 Å². The predicted octanol–water partition coefficient (Wildman–Crippen LogP) is 4.10. The third-order valence-electron chi connectivity index (χ3n) is 5.17. The molecule has 0 aromatic carbocycles. The molecule has 4 bridgehead atoms. The third-order valence-corrected chi connectivity index (χ3v) is 5.17. The fourth-order valence-electron chi connectivity index (χ4n) is 4.97. The molecule has 0 atom stereocenters. The Kier molecular flexibility index (Phi) is 2.15. The van der Waals surface area contributed by atoms with Crippen molar-refractivity contribution in [2.45, 2.75) is 52.4 Å². The summed E-state index contributed by atoms with van der Waals surface area (Å²) in [6.45, 7) is 4.82. The molecular formula is C14H24. The first-order valence-corrected chi connectivity index (χ1v) is 6.72. The Hall–Kier alpha value is 0. The summed E-state index contributed by atoms with van der Waals surface area (Å²) in [5.74, 6) is 6.66. The molecular weight excluding hydrogens is 168 g/mol. The molecule has 0 radical (unpaired) electrons. The molecule has 0 unspecified atom stereocenters. The first-order chi connectivity index (χ1) is 6.72. The van der Waals surface area contributed by atoms with Gasteiger partial charge in [-0.15, -0.1) is 0 Å². The first-order valence-electron chi connectivity index (χ1n) is 6.72. The summed E-state index contributed by atoms with van der Waals surface area (Å²) < 4.78 is 0. The van der Waals surface area contributed by atoms with Gasteiger partial charge in [0, 0.05) is 0 Å². The molecule has 4 aliphatic carbocycles. The van der Waals surface area contributed by atoms with Crippen LogP contribution in [0.3, 0.4) is 0 Å². The van der Waals surface area contributed by atoms with Crippen molar-refractivity contribution in [1.29, 1.82) is 0 Å². The van der Waals surface area contributed by atoms with Gasteiger partial charge in [0.1, 0.15) is 0 Å². The van der Waals surface area contributed by atoms with Crippen molar-refractivity contribution in [3.05, 3.63) is 0 Å². The Morgan fingerprint density at radius 1 is 0.857 bits per heavy atom. The highest BCUT2D eigenvalue weighted by molar-refractivity contribution is 4.98. The lowest BCUT2D eigenvalue weighted by atomic mass is 9.51. The van der Waals surface area contributed by atoms with Gasteiger partial charge in [0.25, 0.3) is 0 Å². The first kappa shape index (κ1) is 9.24. The zero-order valence-electron chi connectivity index (χ0n) is 9.71. The lowest BCUT2D eigenvalue weighted by molar-refractivity contribution is -0.0440. The van der Waals surface area contributed by atoms with Gasteiger partial charge in [0.2, 0.25) is 0 Å². The van der Waals surface area contributed by atoms with Crippen LogP contribution in [0.5, 0.6) is 0 Å². The average Bonchev–Trinajstić information content (AvgIpc) is 2.09. The molecule has 4 rings (SSSR count). The van der Waals surface area contributed by atoms with Gasteiger partial charge in [-0.2, -0.15) is 0 Å². The Labute approximate surface area is 88.5 Å². The summed E-state index contributed by atoms with van der Waals surface area (Å²) in [4.78, 5) is 0. The Balaban J connectivity index is 1.74. The molecule has 0 saturated heterocycles. The molecule has 0 nitrogen and oxygen atoms in total. The van der Waals surface area contributed by atoms with Gasteiger partial charge in [-0.05, 0) is 74.0 Å². The van der Waals surface area contributed by atoms with E-state index in [0.717, 1.165) is 35.5 Å². The maximum atomic E-state index is 2.41. The number of hydrogen-bond acceptors (Lipinski definition) is 0. The van der Waals surface area contributed by atoms with Crippen molar-refractivity contribution >= 4 is 0 Å². The van der Waals surface area contributed by atoms with Crippen LogP contribution in [0.25, 0.3) is 0 Å². The molecule has 4 aliphatic rings. The Morgan fingerprint density at radius 3 is 1.79 bits per heavy atom. The third kappa shape index (κ3) is 1.42. The van der Waals surface area contributed by atoms with E-state index < -0.39 is 0 Å². The standard InChI is InChI=1S/C14H24/c1-9(2)3-14-12-5-10-4-11(7-12)8-13(14)6-10/h9-14H,3-8H2,1-2H3. The van der Waals surface area contributed by atoms with Crippen molar-refractivity contribution in [3.8, 4) is 0 Å². The van der Waals surface area contributed by atoms with Gasteiger partial charge in [-0.3, -0.25) is 0 Å². The molecule has 0 N–H and O–H groups in total. The van der Waals surface area contributed by atoms with E-state index in [0.29, 0.717) is 0 Å². The van der Waals surface area contributed by atoms with E-state index in [-0.39, 0.29) is 0 Å². The molecule has 0 heteroatoms. The number of rotatable bonds is 2. The zero-order valence-corrected chi connectivity index (χ0v) is 9.71. The van der Waals surface area contributed by atoms with E-state index in [4.69, 9.17) is 0 Å². The second kappa shape index (κ2) is 3.25. The van der Waals surface area contributed by atoms with Crippen molar-refractivity contribution in [1.82, 2.24) is 0 Å². The van der Waals surface area contributed by atoms with E-state index >= 15 is 0 Å². The average molecular weight is 192 g/mol. The van der Waals surface area contributed by atoms with Crippen LogP contribution in [0, 0.1) is 35.5 Å². The lowest BCUT2D eigenvalue weighted by Crippen LogP contribution is -2.45. The summed E-state index contributed by atoms with van der Waals surface area (Å²) >= 11 is 0. The van der Waals surface area contributed by atoms with Gasteiger partial charge in [0.05, 0.1) is 0 Å². The largest absolute Gasteiger partial charge is 0.0628 e. The highest BCUT2D eigenvalue weighted by Crippen LogP contribution is 2.57. The molecule has 80 valence electrons. The fraction of sp³-hybridized carbons (Fsp3) is 1.00. The minimum absolute atomic E-state index is 0.928. The summed E-state index contributed by atoms with van der Waals surface area (Å²) in [7, 11) is 0. The Morgan fingerprint density at radius 2 is 1.36 bits per heavy atom. The molecule has 0 aromatic heterocycles. The van der Waals surface area contributed by atoms with Crippen LogP contribution >= 0.6 is 0 Å². The van der Waals surface area contributed by atoms with E-state index in [1.54, 1.807) is 32.1 Å². The van der Waals surface area contributed by atoms with Crippen molar-refractivity contribution in [3.63, 3.8) is 0 Å². The molecule has 4 saturated carbocycles. The summed E-state index contributed by atoms with van der Waals surface area (Å²) in [5.41, 5.74) is 0. The van der Waals surface area contributed by atoms with Crippen LogP contribution in [0.1, 0.15) is 52.4 Å². The van der Waals surface area contributed by atoms with Crippen molar-refractivity contribution in [2.24, 2.45) is 35.5 Å². The molecule has 0 amide bonds. The lowest BCUT2D eigenvalue weighted by Gasteiger charge is -2.55. The van der Waals surface area contributed by atoms with Crippen LogP contribution in [-0.4, -0.2) is 0 Å². The van der Waals surface area contributed by atoms with Crippen LogP contribution < -0.4 is 0 Å². The maximum Gasteiger partial charge on any atom is -0.0355 e. The van der Waals surface area contributed by atoms with Crippen molar-refractivity contribution < 1.29 is 0 Å². The molecule has 4 fully saturated rings. The highest BCUT2D eigenvalue weighted by atomic mass is 14.5. The van der Waals surface area contributed by atoms with E-state index in [1.807, 2.05) is 0 Å². The van der Waals surface area contributed by atoms with Crippen molar-refractivity contribution in [2.75, 3.05) is 0 Å². The van der Waals surface area contributed by atoms with E-state index in [9.17, 15) is 0 Å². The second-order valence-corrected chi connectivity index (χ2v) is 6.72. The summed E-state index contributed by atoms with van der Waals surface area (Å²) in [5, 5.41) is 0. The van der Waals surface area contributed by atoms with Crippen LogP contribution in [-0.2, 0) is 0 Å². The molecule has 14 heavy (non-hydrogen) atoms. The van der Waals surface area contributed by atoms with E-state index in [2.05, 4.69) is 13.8 Å². The zero-order chi connectivity index (χ0) is 9.71. The topological polar surface area (TPSA) is 0 Å². The molecule has 0 spiro atoms. The fourth-order valence-corrected chi connectivity index (χ4v) is 4.97. The minimum atomic E-state index is 0.928. The van der Waals surface area contributed by atoms with Crippen LogP contribution in [0.2, 0.25) is 0 Å². The maximum absolute atomic E-state index is 2.41. The summed E-state index contributed by atoms with van der Waals surface area (Å²) in [6.07, 6.45) is 9.53. The van der Waals surface area contributed by atoms with Gasteiger partial charge < -0.3 is 0 Å². The predicted molar refractivity (Wildman–Crippen MR) is 60.0 cm³/mol. The van der Waals surface area contributed by atoms with Gasteiger partial charge in [-0.25, -0.2) is 0 Å². The van der Waals surface area contributed by atoms with Crippen LogP contribution in [0.4, 0.5) is 0 Å². The molecule has 0 heterocycles. The monoisotopic (exact) mass is 192 g/mol. The smallest absolute Gasteiger partial charge is 0.0355 e.